The van der Waals surface area contributed by atoms with Gasteiger partial charge in [0.1, 0.15) is 6.61 Å². The average molecular weight is 338 g/mol. The normalized spacial score (nSPS) is 18.2. The van der Waals surface area contributed by atoms with Gasteiger partial charge in [-0.15, -0.1) is 0 Å². The number of carbonyl (C=O) groups excluding carboxylic acids is 1. The molecule has 1 aliphatic carbocycles. The van der Waals surface area contributed by atoms with E-state index in [2.05, 4.69) is 4.72 Å². The van der Waals surface area contributed by atoms with E-state index >= 15 is 0 Å². The van der Waals surface area contributed by atoms with E-state index in [0.717, 1.165) is 24.8 Å². The summed E-state index contributed by atoms with van der Waals surface area (Å²) in [5, 5.41) is 0. The number of benzene rings is 1. The Labute approximate surface area is 136 Å². The lowest BCUT2D eigenvalue weighted by Gasteiger charge is -2.33. The molecule has 1 fully saturated rings. The second-order valence-electron chi connectivity index (χ2n) is 6.69. The van der Waals surface area contributed by atoms with Crippen LogP contribution in [0.3, 0.4) is 0 Å². The van der Waals surface area contributed by atoms with Crippen LogP contribution in [0.5, 0.6) is 0 Å². The number of carbonyl (C=O) groups is 1. The fourth-order valence-corrected chi connectivity index (χ4v) is 4.36. The van der Waals surface area contributed by atoms with Crippen molar-refractivity contribution < 1.29 is 17.9 Å². The lowest BCUT2D eigenvalue weighted by molar-refractivity contribution is 0.127. The summed E-state index contributed by atoms with van der Waals surface area (Å²) in [6, 6.07) is 5.32. The number of sulfonamides is 1. The molecule has 1 amide bonds. The second-order valence-corrected chi connectivity index (χ2v) is 8.45. The molecule has 1 aromatic rings. The Morgan fingerprint density at radius 3 is 2.70 bits per heavy atom. The molecule has 1 saturated heterocycles. The van der Waals surface area contributed by atoms with Crippen molar-refractivity contribution in [3.63, 3.8) is 0 Å². The Bertz CT molecular complexity index is 728. The number of rotatable bonds is 5. The molecule has 0 unspecified atom stereocenters. The summed E-state index contributed by atoms with van der Waals surface area (Å²) >= 11 is 0. The molecule has 0 saturated carbocycles. The molecule has 1 aliphatic heterocycles. The van der Waals surface area contributed by atoms with Crippen molar-refractivity contribution in [2.24, 2.45) is 0 Å². The standard InChI is InChI=1S/C16H22N2O4S/c1-16(2,18-8-9-22-15(18)19)11-17-23(20,21)14-7-6-12-4-3-5-13(12)10-14/h6-7,10,17H,3-5,8-9,11H2,1-2H3. The maximum Gasteiger partial charge on any atom is 0.410 e. The number of hydrogen-bond donors (Lipinski definition) is 1. The van der Waals surface area contributed by atoms with Crippen molar-refractivity contribution in [1.82, 2.24) is 9.62 Å². The van der Waals surface area contributed by atoms with Crippen LogP contribution in [-0.2, 0) is 27.6 Å². The predicted octanol–water partition coefficient (Wildman–Crippen LogP) is 1.68. The molecule has 7 heteroatoms. The monoisotopic (exact) mass is 338 g/mol. The predicted molar refractivity (Wildman–Crippen MR) is 85.8 cm³/mol. The minimum absolute atomic E-state index is 0.140. The van der Waals surface area contributed by atoms with E-state index < -0.39 is 21.7 Å². The molecule has 23 heavy (non-hydrogen) atoms. The zero-order chi connectivity index (χ0) is 16.7. The third-order valence-electron chi connectivity index (χ3n) is 4.57. The number of nitrogens with one attached hydrogen (secondary N) is 1. The van der Waals surface area contributed by atoms with Gasteiger partial charge in [-0.3, -0.25) is 4.90 Å². The van der Waals surface area contributed by atoms with Gasteiger partial charge in [0, 0.05) is 6.54 Å². The number of amides is 1. The summed E-state index contributed by atoms with van der Waals surface area (Å²) in [4.78, 5) is 13.5. The highest BCUT2D eigenvalue weighted by molar-refractivity contribution is 7.89. The fraction of sp³-hybridized carbons (Fsp3) is 0.562. The number of nitrogens with zero attached hydrogens (tertiary/aromatic N) is 1. The van der Waals surface area contributed by atoms with Gasteiger partial charge < -0.3 is 4.74 Å². The van der Waals surface area contributed by atoms with E-state index in [1.807, 2.05) is 19.9 Å². The maximum atomic E-state index is 12.5. The number of fused-ring (bicyclic) bond motifs is 1. The van der Waals surface area contributed by atoms with E-state index in [4.69, 9.17) is 4.74 Å². The SMILES string of the molecule is CC(C)(CNS(=O)(=O)c1ccc2c(c1)CCC2)N1CCOC1=O. The van der Waals surface area contributed by atoms with Gasteiger partial charge in [0.05, 0.1) is 17.0 Å². The molecule has 0 spiro atoms. The molecule has 126 valence electrons. The van der Waals surface area contributed by atoms with Gasteiger partial charge in [-0.25, -0.2) is 17.9 Å². The average Bonchev–Trinajstić information content (AvgIpc) is 3.13. The van der Waals surface area contributed by atoms with Crippen LogP contribution in [-0.4, -0.2) is 44.6 Å². The number of hydrogen-bond acceptors (Lipinski definition) is 4. The third kappa shape index (κ3) is 3.21. The number of aryl methyl sites for hydroxylation is 2. The summed E-state index contributed by atoms with van der Waals surface area (Å²) in [7, 11) is -3.59. The molecule has 0 atom stereocenters. The van der Waals surface area contributed by atoms with E-state index in [-0.39, 0.29) is 11.4 Å². The van der Waals surface area contributed by atoms with Crippen LogP contribution in [0.25, 0.3) is 0 Å². The Kier molecular flexibility index (Phi) is 4.10. The summed E-state index contributed by atoms with van der Waals surface area (Å²) in [6.45, 7) is 4.61. The van der Waals surface area contributed by atoms with E-state index in [1.54, 1.807) is 17.0 Å². The van der Waals surface area contributed by atoms with E-state index in [0.29, 0.717) is 13.2 Å². The molecule has 0 radical (unpaired) electrons. The summed E-state index contributed by atoms with van der Waals surface area (Å²) < 4.78 is 32.6. The van der Waals surface area contributed by atoms with Crippen LogP contribution in [0.2, 0.25) is 0 Å². The fourth-order valence-electron chi connectivity index (χ4n) is 3.11. The summed E-state index contributed by atoms with van der Waals surface area (Å²) in [5.74, 6) is 0. The highest BCUT2D eigenvalue weighted by atomic mass is 32.2. The molecular weight excluding hydrogens is 316 g/mol. The van der Waals surface area contributed by atoms with Gasteiger partial charge in [0.2, 0.25) is 10.0 Å². The molecule has 1 aromatic carbocycles. The highest BCUT2D eigenvalue weighted by Gasteiger charge is 2.36. The first-order chi connectivity index (χ1) is 10.8. The first-order valence-electron chi connectivity index (χ1n) is 7.85. The Morgan fingerprint density at radius 2 is 2.00 bits per heavy atom. The van der Waals surface area contributed by atoms with Crippen LogP contribution in [0, 0.1) is 0 Å². The molecule has 6 nitrogen and oxygen atoms in total. The first-order valence-corrected chi connectivity index (χ1v) is 9.34. The van der Waals surface area contributed by atoms with Gasteiger partial charge in [0.25, 0.3) is 0 Å². The molecule has 0 bridgehead atoms. The van der Waals surface area contributed by atoms with Crippen LogP contribution in [0.15, 0.2) is 23.1 Å². The van der Waals surface area contributed by atoms with Crippen molar-refractivity contribution in [3.05, 3.63) is 29.3 Å². The Balaban J connectivity index is 1.72. The zero-order valence-corrected chi connectivity index (χ0v) is 14.3. The van der Waals surface area contributed by atoms with Crippen LogP contribution in [0.4, 0.5) is 4.79 Å². The smallest absolute Gasteiger partial charge is 0.410 e. The quantitative estimate of drug-likeness (QED) is 0.886. The maximum absolute atomic E-state index is 12.5. The Hall–Kier alpha value is -1.60. The third-order valence-corrected chi connectivity index (χ3v) is 5.97. The molecule has 1 N–H and O–H groups in total. The van der Waals surface area contributed by atoms with Crippen molar-refractivity contribution in [3.8, 4) is 0 Å². The van der Waals surface area contributed by atoms with Crippen LogP contribution < -0.4 is 4.72 Å². The van der Waals surface area contributed by atoms with Crippen molar-refractivity contribution in [2.75, 3.05) is 19.7 Å². The van der Waals surface area contributed by atoms with Gasteiger partial charge >= 0.3 is 6.09 Å². The first kappa shape index (κ1) is 16.3. The molecule has 0 aromatic heterocycles. The Morgan fingerprint density at radius 1 is 1.26 bits per heavy atom. The number of cyclic esters (lactones) is 1. The molecular formula is C16H22N2O4S. The van der Waals surface area contributed by atoms with Gasteiger partial charge in [-0.1, -0.05) is 6.07 Å². The second kappa shape index (κ2) is 5.79. The largest absolute Gasteiger partial charge is 0.448 e. The molecule has 1 heterocycles. The van der Waals surface area contributed by atoms with E-state index in [1.165, 1.54) is 5.56 Å². The summed E-state index contributed by atoms with van der Waals surface area (Å²) in [6.07, 6.45) is 2.64. The number of ether oxygens (including phenoxy) is 1. The van der Waals surface area contributed by atoms with Crippen LogP contribution >= 0.6 is 0 Å². The van der Waals surface area contributed by atoms with E-state index in [9.17, 15) is 13.2 Å². The highest BCUT2D eigenvalue weighted by Crippen LogP contribution is 2.25. The minimum atomic E-state index is -3.59. The lowest BCUT2D eigenvalue weighted by atomic mass is 10.0. The zero-order valence-electron chi connectivity index (χ0n) is 13.5. The topological polar surface area (TPSA) is 75.7 Å². The van der Waals surface area contributed by atoms with Crippen LogP contribution in [0.1, 0.15) is 31.4 Å². The summed E-state index contributed by atoms with van der Waals surface area (Å²) in [5.41, 5.74) is 1.72. The van der Waals surface area contributed by atoms with Crippen molar-refractivity contribution >= 4 is 16.1 Å². The minimum Gasteiger partial charge on any atom is -0.448 e. The van der Waals surface area contributed by atoms with Gasteiger partial charge in [-0.05, 0) is 56.4 Å². The van der Waals surface area contributed by atoms with Crippen molar-refractivity contribution in [2.45, 2.75) is 43.5 Å². The van der Waals surface area contributed by atoms with Crippen molar-refractivity contribution in [1.29, 1.82) is 0 Å². The lowest BCUT2D eigenvalue weighted by Crippen LogP contribution is -2.52. The van der Waals surface area contributed by atoms with Gasteiger partial charge in [-0.2, -0.15) is 0 Å². The van der Waals surface area contributed by atoms with Gasteiger partial charge in [0.15, 0.2) is 0 Å². The molecule has 3 rings (SSSR count). The molecule has 2 aliphatic rings.